The van der Waals surface area contributed by atoms with Gasteiger partial charge in [0.25, 0.3) is 5.56 Å². The van der Waals surface area contributed by atoms with E-state index in [0.29, 0.717) is 5.39 Å². The summed E-state index contributed by atoms with van der Waals surface area (Å²) in [4.78, 5) is 14.6. The zero-order chi connectivity index (χ0) is 22.8. The highest BCUT2D eigenvalue weighted by molar-refractivity contribution is 5.93. The van der Waals surface area contributed by atoms with E-state index in [9.17, 15) is 32.6 Å². The molecule has 1 aliphatic rings. The van der Waals surface area contributed by atoms with Crippen molar-refractivity contribution in [2.45, 2.75) is 43.5 Å². The van der Waals surface area contributed by atoms with Crippen LogP contribution in [-0.2, 0) is 5.41 Å². The number of hydrogen-bond acceptors (Lipinski definition) is 4. The Morgan fingerprint density at radius 3 is 2.52 bits per heavy atom. The van der Waals surface area contributed by atoms with E-state index in [1.54, 1.807) is 0 Å². The highest BCUT2D eigenvalue weighted by Gasteiger charge is 2.64. The molecule has 1 heterocycles. The Bertz CT molecular complexity index is 1240. The van der Waals surface area contributed by atoms with Gasteiger partial charge in [-0.15, -0.1) is 0 Å². The molecule has 0 amide bonds. The maximum absolute atomic E-state index is 15.0. The molecular formula is C22H20F4N2O3. The van der Waals surface area contributed by atoms with Crippen LogP contribution >= 0.6 is 0 Å². The Morgan fingerprint density at radius 1 is 1.13 bits per heavy atom. The Morgan fingerprint density at radius 2 is 1.84 bits per heavy atom. The molecule has 1 aromatic heterocycles. The number of anilines is 1. The van der Waals surface area contributed by atoms with Crippen LogP contribution in [0.2, 0.25) is 0 Å². The Hall–Kier alpha value is -3.07. The molecule has 1 aliphatic carbocycles. The minimum absolute atomic E-state index is 0.00277. The number of nitrogens with one attached hydrogen (secondary N) is 2. The van der Waals surface area contributed by atoms with Crippen LogP contribution in [0, 0.1) is 5.82 Å². The van der Waals surface area contributed by atoms with Gasteiger partial charge < -0.3 is 20.5 Å². The molecule has 0 saturated carbocycles. The SMILES string of the molecule is CC1(C)CC(O)(C(F)(F)F)C(Nc2cccc3c(=O)[nH]ccc23)c2c(F)ccc(O)c21. The quantitative estimate of drug-likeness (QED) is 0.446. The Labute approximate surface area is 174 Å². The molecule has 5 nitrogen and oxygen atoms in total. The number of rotatable bonds is 2. The predicted molar refractivity (Wildman–Crippen MR) is 108 cm³/mol. The van der Waals surface area contributed by atoms with Gasteiger partial charge >= 0.3 is 6.18 Å². The van der Waals surface area contributed by atoms with Crippen molar-refractivity contribution in [1.29, 1.82) is 0 Å². The van der Waals surface area contributed by atoms with Crippen LogP contribution in [0.1, 0.15) is 37.4 Å². The highest BCUT2D eigenvalue weighted by Crippen LogP contribution is 2.56. The van der Waals surface area contributed by atoms with E-state index in [2.05, 4.69) is 10.3 Å². The first-order valence-corrected chi connectivity index (χ1v) is 9.55. The number of aromatic nitrogens is 1. The second-order valence-corrected chi connectivity index (χ2v) is 8.49. The topological polar surface area (TPSA) is 85.4 Å². The van der Waals surface area contributed by atoms with E-state index in [0.717, 1.165) is 12.1 Å². The van der Waals surface area contributed by atoms with Crippen LogP contribution in [0.25, 0.3) is 10.8 Å². The van der Waals surface area contributed by atoms with Crippen LogP contribution in [0.4, 0.5) is 23.2 Å². The molecule has 0 radical (unpaired) electrons. The smallest absolute Gasteiger partial charge is 0.419 e. The van der Waals surface area contributed by atoms with Crippen molar-refractivity contribution < 1.29 is 27.8 Å². The number of phenolic OH excluding ortho intramolecular Hbond substituents is 1. The molecule has 31 heavy (non-hydrogen) atoms. The lowest BCUT2D eigenvalue weighted by Crippen LogP contribution is -2.58. The number of aromatic amines is 1. The van der Waals surface area contributed by atoms with Crippen LogP contribution in [-0.4, -0.2) is 27.0 Å². The molecule has 0 aliphatic heterocycles. The van der Waals surface area contributed by atoms with Crippen molar-refractivity contribution in [3.8, 4) is 5.75 Å². The minimum Gasteiger partial charge on any atom is -0.508 e. The number of aliphatic hydroxyl groups is 1. The summed E-state index contributed by atoms with van der Waals surface area (Å²) in [5, 5.41) is 24.5. The fourth-order valence-corrected chi connectivity index (χ4v) is 4.64. The molecule has 0 fully saturated rings. The lowest BCUT2D eigenvalue weighted by atomic mass is 9.63. The average molecular weight is 436 g/mol. The summed E-state index contributed by atoms with van der Waals surface area (Å²) in [5.41, 5.74) is -5.51. The summed E-state index contributed by atoms with van der Waals surface area (Å²) in [5.74, 6) is -1.34. The summed E-state index contributed by atoms with van der Waals surface area (Å²) in [6.45, 7) is 2.82. The van der Waals surface area contributed by atoms with E-state index in [-0.39, 0.29) is 22.4 Å². The number of fused-ring (bicyclic) bond motifs is 2. The number of pyridine rings is 1. The van der Waals surface area contributed by atoms with Gasteiger partial charge in [0.1, 0.15) is 11.6 Å². The van der Waals surface area contributed by atoms with Crippen molar-refractivity contribution in [3.05, 3.63) is 69.9 Å². The van der Waals surface area contributed by atoms with Crippen molar-refractivity contribution in [3.63, 3.8) is 0 Å². The number of hydrogen-bond donors (Lipinski definition) is 4. The number of alkyl halides is 3. The minimum atomic E-state index is -5.11. The molecule has 0 saturated heterocycles. The van der Waals surface area contributed by atoms with E-state index in [1.165, 1.54) is 44.3 Å². The molecule has 9 heteroatoms. The predicted octanol–water partition coefficient (Wildman–Crippen LogP) is 4.50. The highest BCUT2D eigenvalue weighted by atomic mass is 19.4. The van der Waals surface area contributed by atoms with Gasteiger partial charge in [0.15, 0.2) is 5.60 Å². The lowest BCUT2D eigenvalue weighted by molar-refractivity contribution is -0.276. The van der Waals surface area contributed by atoms with Gasteiger partial charge in [0.05, 0.1) is 6.04 Å². The zero-order valence-corrected chi connectivity index (χ0v) is 16.6. The van der Waals surface area contributed by atoms with Crippen molar-refractivity contribution in [2.24, 2.45) is 0 Å². The van der Waals surface area contributed by atoms with Gasteiger partial charge in [-0.3, -0.25) is 4.79 Å². The second kappa shape index (κ2) is 6.71. The molecule has 2 aromatic carbocycles. The first-order chi connectivity index (χ1) is 14.4. The van der Waals surface area contributed by atoms with Gasteiger partial charge in [-0.25, -0.2) is 4.39 Å². The number of halogens is 4. The molecule has 4 N–H and O–H groups in total. The number of benzene rings is 2. The molecule has 0 spiro atoms. The molecule has 164 valence electrons. The monoisotopic (exact) mass is 436 g/mol. The maximum Gasteiger partial charge on any atom is 0.419 e. The Kier molecular flexibility index (Phi) is 4.59. The number of aromatic hydroxyl groups is 1. The number of phenols is 1. The summed E-state index contributed by atoms with van der Waals surface area (Å²) >= 11 is 0. The van der Waals surface area contributed by atoms with E-state index in [1.807, 2.05) is 0 Å². The molecule has 3 aromatic rings. The van der Waals surface area contributed by atoms with Crippen LogP contribution < -0.4 is 10.9 Å². The molecular weight excluding hydrogens is 416 g/mol. The van der Waals surface area contributed by atoms with Crippen LogP contribution in [0.3, 0.4) is 0 Å². The summed E-state index contributed by atoms with van der Waals surface area (Å²) in [6.07, 6.45) is -4.58. The van der Waals surface area contributed by atoms with E-state index in [4.69, 9.17) is 0 Å². The van der Waals surface area contributed by atoms with Crippen LogP contribution in [0.15, 0.2) is 47.4 Å². The van der Waals surface area contributed by atoms with E-state index < -0.39 is 46.6 Å². The van der Waals surface area contributed by atoms with Gasteiger partial charge in [-0.2, -0.15) is 13.2 Å². The maximum atomic E-state index is 15.0. The second-order valence-electron chi connectivity index (χ2n) is 8.49. The standard InChI is InChI=1S/C22H20F4N2O3/c1-20(2)10-21(31,22(24,25)26)18(16-13(23)6-7-15(29)17(16)20)28-14-5-3-4-12-11(14)8-9-27-19(12)30/h3-9,18,28-29,31H,10H2,1-2H3,(H,27,30). The van der Waals surface area contributed by atoms with Crippen LogP contribution in [0.5, 0.6) is 5.75 Å². The van der Waals surface area contributed by atoms with Gasteiger partial charge in [-0.05, 0) is 42.2 Å². The molecule has 0 bridgehead atoms. The molecule has 4 rings (SSSR count). The third-order valence-electron chi connectivity index (χ3n) is 5.93. The van der Waals surface area contributed by atoms with Crippen molar-refractivity contribution in [1.82, 2.24) is 4.98 Å². The third kappa shape index (κ3) is 3.15. The van der Waals surface area contributed by atoms with Crippen molar-refractivity contribution in [2.75, 3.05) is 5.32 Å². The van der Waals surface area contributed by atoms with Gasteiger partial charge in [-0.1, -0.05) is 19.9 Å². The fraction of sp³-hybridized carbons (Fsp3) is 0.318. The molecule has 2 unspecified atom stereocenters. The van der Waals surface area contributed by atoms with Gasteiger partial charge in [0.2, 0.25) is 0 Å². The first-order valence-electron chi connectivity index (χ1n) is 9.55. The molecule has 2 atom stereocenters. The van der Waals surface area contributed by atoms with Crippen molar-refractivity contribution >= 4 is 16.5 Å². The number of H-pyrrole nitrogens is 1. The lowest BCUT2D eigenvalue weighted by Gasteiger charge is -2.49. The van der Waals surface area contributed by atoms with E-state index >= 15 is 0 Å². The normalized spacial score (nSPS) is 22.9. The van der Waals surface area contributed by atoms with Gasteiger partial charge in [0, 0.05) is 33.8 Å². The largest absolute Gasteiger partial charge is 0.508 e. The first kappa shape index (κ1) is 21.2. The fourth-order valence-electron chi connectivity index (χ4n) is 4.64. The summed E-state index contributed by atoms with van der Waals surface area (Å²) in [6, 6.07) is 5.90. The average Bonchev–Trinajstić information content (AvgIpc) is 2.66. The Balaban J connectivity index is 2.00. The third-order valence-corrected chi connectivity index (χ3v) is 5.93. The summed E-state index contributed by atoms with van der Waals surface area (Å²) < 4.78 is 57.6. The summed E-state index contributed by atoms with van der Waals surface area (Å²) in [7, 11) is 0. The zero-order valence-electron chi connectivity index (χ0n) is 16.6.